The van der Waals surface area contributed by atoms with E-state index >= 15 is 0 Å². The number of thioether (sulfide) groups is 1. The highest BCUT2D eigenvalue weighted by molar-refractivity contribution is 8.00. The van der Waals surface area contributed by atoms with Gasteiger partial charge in [0.05, 0.1) is 6.61 Å². The molecule has 2 N–H and O–H groups in total. The smallest absolute Gasteiger partial charge is 0.0613 e. The molecule has 4 heteroatoms. The van der Waals surface area contributed by atoms with Crippen molar-refractivity contribution in [2.24, 2.45) is 0 Å². The summed E-state index contributed by atoms with van der Waals surface area (Å²) in [6, 6.07) is 8.06. The maximum atomic E-state index is 9.80. The molecule has 0 radical (unpaired) electrons. The zero-order valence-corrected chi connectivity index (χ0v) is 13.6. The van der Waals surface area contributed by atoms with Crippen molar-refractivity contribution < 1.29 is 5.11 Å². The molecule has 1 aromatic rings. The van der Waals surface area contributed by atoms with Crippen molar-refractivity contribution in [1.29, 1.82) is 0 Å². The van der Waals surface area contributed by atoms with Crippen LogP contribution in [0, 0.1) is 0 Å². The molecular weight excluding hydrogens is 290 g/mol. The minimum absolute atomic E-state index is 0.0711. The topological polar surface area (TPSA) is 32.3 Å². The molecule has 0 bridgehead atoms. The number of benzene rings is 1. The standard InChI is InChI=1S/C16H24ClNOS/c1-2-10-18-16(12-19)9-3-4-15(11-16)20-14-7-5-13(17)6-8-14/h5-8,15,18-19H,2-4,9-12H2,1H3. The third-order valence-electron chi connectivity index (χ3n) is 3.97. The molecule has 0 aromatic heterocycles. The lowest BCUT2D eigenvalue weighted by Gasteiger charge is -2.40. The van der Waals surface area contributed by atoms with Crippen LogP contribution in [0.25, 0.3) is 0 Å². The molecule has 1 aliphatic rings. The Bertz CT molecular complexity index is 411. The lowest BCUT2D eigenvalue weighted by Crippen LogP contribution is -2.52. The molecule has 0 saturated heterocycles. The summed E-state index contributed by atoms with van der Waals surface area (Å²) < 4.78 is 0. The van der Waals surface area contributed by atoms with Crippen LogP contribution in [0.2, 0.25) is 5.02 Å². The van der Waals surface area contributed by atoms with E-state index in [0.29, 0.717) is 5.25 Å². The van der Waals surface area contributed by atoms with E-state index in [0.717, 1.165) is 30.8 Å². The summed E-state index contributed by atoms with van der Waals surface area (Å²) in [6.45, 7) is 3.39. The highest BCUT2D eigenvalue weighted by Crippen LogP contribution is 2.38. The van der Waals surface area contributed by atoms with Gasteiger partial charge >= 0.3 is 0 Å². The van der Waals surface area contributed by atoms with E-state index in [1.165, 1.54) is 17.7 Å². The van der Waals surface area contributed by atoms with Gasteiger partial charge in [0.25, 0.3) is 0 Å². The fourth-order valence-electron chi connectivity index (χ4n) is 2.86. The average Bonchev–Trinajstić information content (AvgIpc) is 2.48. The molecule has 0 amide bonds. The lowest BCUT2D eigenvalue weighted by atomic mass is 9.82. The Balaban J connectivity index is 1.96. The van der Waals surface area contributed by atoms with Gasteiger partial charge in [-0.05, 0) is 56.5 Å². The Hall–Kier alpha value is -0.220. The zero-order chi connectivity index (χ0) is 14.4. The summed E-state index contributed by atoms with van der Waals surface area (Å²) in [6.07, 6.45) is 5.64. The monoisotopic (exact) mass is 313 g/mol. The van der Waals surface area contributed by atoms with Crippen LogP contribution in [0.5, 0.6) is 0 Å². The molecule has 1 aromatic carbocycles. The van der Waals surface area contributed by atoms with Gasteiger partial charge in [0.2, 0.25) is 0 Å². The molecule has 1 fully saturated rings. The van der Waals surface area contributed by atoms with Gasteiger partial charge in [-0.15, -0.1) is 11.8 Å². The number of hydrogen-bond acceptors (Lipinski definition) is 3. The normalized spacial score (nSPS) is 26.6. The van der Waals surface area contributed by atoms with Crippen molar-refractivity contribution in [3.05, 3.63) is 29.3 Å². The quantitative estimate of drug-likeness (QED) is 0.829. The first-order valence-corrected chi connectivity index (χ1v) is 8.71. The minimum Gasteiger partial charge on any atom is -0.394 e. The number of aliphatic hydroxyl groups excluding tert-OH is 1. The van der Waals surface area contributed by atoms with Crippen LogP contribution in [-0.4, -0.2) is 29.0 Å². The van der Waals surface area contributed by atoms with Gasteiger partial charge in [0.1, 0.15) is 0 Å². The molecule has 2 atom stereocenters. The van der Waals surface area contributed by atoms with Crippen molar-refractivity contribution in [3.8, 4) is 0 Å². The van der Waals surface area contributed by atoms with E-state index in [-0.39, 0.29) is 12.1 Å². The van der Waals surface area contributed by atoms with E-state index in [4.69, 9.17) is 11.6 Å². The largest absolute Gasteiger partial charge is 0.394 e. The van der Waals surface area contributed by atoms with Gasteiger partial charge in [0.15, 0.2) is 0 Å². The highest BCUT2D eigenvalue weighted by Gasteiger charge is 2.35. The predicted molar refractivity (Wildman–Crippen MR) is 87.7 cm³/mol. The van der Waals surface area contributed by atoms with Gasteiger partial charge in [-0.2, -0.15) is 0 Å². The molecule has 2 unspecified atom stereocenters. The molecule has 112 valence electrons. The molecule has 0 heterocycles. The number of halogens is 1. The first kappa shape index (κ1) is 16.2. The second kappa shape index (κ2) is 7.69. The van der Waals surface area contributed by atoms with Gasteiger partial charge in [0, 0.05) is 20.7 Å². The summed E-state index contributed by atoms with van der Waals surface area (Å²) >= 11 is 7.84. The Morgan fingerprint density at radius 2 is 2.15 bits per heavy atom. The predicted octanol–water partition coefficient (Wildman–Crippen LogP) is 4.11. The average molecular weight is 314 g/mol. The van der Waals surface area contributed by atoms with E-state index in [1.807, 2.05) is 23.9 Å². The summed E-state index contributed by atoms with van der Waals surface area (Å²) in [7, 11) is 0. The Kier molecular flexibility index (Phi) is 6.21. The number of rotatable bonds is 6. The van der Waals surface area contributed by atoms with Gasteiger partial charge in [-0.3, -0.25) is 0 Å². The minimum atomic E-state index is -0.0711. The summed E-state index contributed by atoms with van der Waals surface area (Å²) in [5, 5.41) is 14.7. The molecule has 20 heavy (non-hydrogen) atoms. The van der Waals surface area contributed by atoms with Gasteiger partial charge in [-0.25, -0.2) is 0 Å². The van der Waals surface area contributed by atoms with Crippen LogP contribution in [0.3, 0.4) is 0 Å². The van der Waals surface area contributed by atoms with Crippen LogP contribution in [0.4, 0.5) is 0 Å². The Morgan fingerprint density at radius 3 is 2.80 bits per heavy atom. The van der Waals surface area contributed by atoms with E-state index in [9.17, 15) is 5.11 Å². The van der Waals surface area contributed by atoms with Crippen molar-refractivity contribution in [2.45, 2.75) is 54.7 Å². The van der Waals surface area contributed by atoms with E-state index in [1.54, 1.807) is 0 Å². The molecule has 2 nitrogen and oxygen atoms in total. The Morgan fingerprint density at radius 1 is 1.40 bits per heavy atom. The SMILES string of the molecule is CCCNC1(CO)CCCC(Sc2ccc(Cl)cc2)C1. The number of hydrogen-bond donors (Lipinski definition) is 2. The lowest BCUT2D eigenvalue weighted by molar-refractivity contribution is 0.124. The fraction of sp³-hybridized carbons (Fsp3) is 0.625. The summed E-state index contributed by atoms with van der Waals surface area (Å²) in [5.41, 5.74) is -0.0711. The molecule has 2 rings (SSSR count). The second-order valence-electron chi connectivity index (χ2n) is 5.66. The maximum absolute atomic E-state index is 9.80. The van der Waals surface area contributed by atoms with Crippen LogP contribution in [0.15, 0.2) is 29.2 Å². The third-order valence-corrected chi connectivity index (χ3v) is 5.50. The summed E-state index contributed by atoms with van der Waals surface area (Å²) in [4.78, 5) is 1.27. The molecular formula is C16H24ClNOS. The second-order valence-corrected chi connectivity index (χ2v) is 7.47. The van der Waals surface area contributed by atoms with Crippen LogP contribution in [0.1, 0.15) is 39.0 Å². The molecule has 1 saturated carbocycles. The van der Waals surface area contributed by atoms with Crippen molar-refractivity contribution in [3.63, 3.8) is 0 Å². The first-order chi connectivity index (χ1) is 9.67. The van der Waals surface area contributed by atoms with Crippen LogP contribution < -0.4 is 5.32 Å². The van der Waals surface area contributed by atoms with Gasteiger partial charge in [-0.1, -0.05) is 24.9 Å². The van der Waals surface area contributed by atoms with E-state index in [2.05, 4.69) is 24.4 Å². The summed E-state index contributed by atoms with van der Waals surface area (Å²) in [5.74, 6) is 0. The Labute approximate surface area is 131 Å². The van der Waals surface area contributed by atoms with Crippen LogP contribution in [-0.2, 0) is 0 Å². The van der Waals surface area contributed by atoms with Gasteiger partial charge < -0.3 is 10.4 Å². The highest BCUT2D eigenvalue weighted by atomic mass is 35.5. The number of nitrogens with one attached hydrogen (secondary N) is 1. The van der Waals surface area contributed by atoms with Crippen LogP contribution >= 0.6 is 23.4 Å². The van der Waals surface area contributed by atoms with Crippen molar-refractivity contribution in [1.82, 2.24) is 5.32 Å². The molecule has 0 spiro atoms. The van der Waals surface area contributed by atoms with Crippen molar-refractivity contribution >= 4 is 23.4 Å². The fourth-order valence-corrected chi connectivity index (χ4v) is 4.36. The third kappa shape index (κ3) is 4.39. The first-order valence-electron chi connectivity index (χ1n) is 7.45. The zero-order valence-electron chi connectivity index (χ0n) is 12.1. The molecule has 0 aliphatic heterocycles. The van der Waals surface area contributed by atoms with E-state index < -0.39 is 0 Å². The van der Waals surface area contributed by atoms with Crippen molar-refractivity contribution in [2.75, 3.05) is 13.2 Å². The molecule has 1 aliphatic carbocycles. The maximum Gasteiger partial charge on any atom is 0.0613 e. The number of aliphatic hydroxyl groups is 1.